The van der Waals surface area contributed by atoms with E-state index in [2.05, 4.69) is 15.4 Å². The van der Waals surface area contributed by atoms with Gasteiger partial charge < -0.3 is 11.0 Å². The van der Waals surface area contributed by atoms with Crippen molar-refractivity contribution in [2.45, 2.75) is 0 Å². The molecule has 0 aromatic carbocycles. The predicted molar refractivity (Wildman–Crippen MR) is 8.50 cm³/mol. The zero-order chi connectivity index (χ0) is 4.00. The van der Waals surface area contributed by atoms with E-state index < -0.39 is 0 Å². The third-order valence-corrected chi connectivity index (χ3v) is 0. The molecular formula is NiO4SbTi+. The molecule has 7 heteroatoms. The van der Waals surface area contributed by atoms with Crippen LogP contribution >= 0.6 is 0 Å². The number of rotatable bonds is 0. The molecule has 0 fully saturated rings. The van der Waals surface area contributed by atoms with Crippen molar-refractivity contribution in [2.24, 2.45) is 0 Å². The Hall–Kier alpha value is 1.55. The predicted octanol–water partition coefficient (Wildman–Crippen LogP) is -0.861. The van der Waals surface area contributed by atoms with Gasteiger partial charge in [-0.3, -0.25) is 0 Å². The Morgan fingerprint density at radius 1 is 1.00 bits per heavy atom. The van der Waals surface area contributed by atoms with Crippen LogP contribution in [0.1, 0.15) is 0 Å². The fourth-order valence-corrected chi connectivity index (χ4v) is 0. The van der Waals surface area contributed by atoms with Crippen molar-refractivity contribution in [3.63, 3.8) is 0 Å². The Labute approximate surface area is 77.4 Å². The summed E-state index contributed by atoms with van der Waals surface area (Å²) in [6.45, 7) is 0. The fourth-order valence-electron chi connectivity index (χ4n) is 0. The van der Waals surface area contributed by atoms with Gasteiger partial charge in [-0.05, 0) is 0 Å². The molecule has 0 spiro atoms. The van der Waals surface area contributed by atoms with Crippen LogP contribution in [0.4, 0.5) is 0 Å². The quantitative estimate of drug-likeness (QED) is 0.543. The molecule has 0 bridgehead atoms. The molecule has 0 amide bonds. The Kier molecular flexibility index (Phi) is 748. The monoisotopic (exact) mass is 291 g/mol. The molecule has 2 radical (unpaired) electrons. The van der Waals surface area contributed by atoms with Gasteiger partial charge in [-0.15, -0.1) is 0 Å². The van der Waals surface area contributed by atoms with Crippen molar-refractivity contribution in [3.8, 4) is 0 Å². The molecule has 0 saturated heterocycles. The molecule has 0 aromatic rings. The van der Waals surface area contributed by atoms with Gasteiger partial charge in [0.05, 0.1) is 0 Å². The fraction of sp³-hybridized carbons (Fsp3) is 0. The van der Waals surface area contributed by atoms with Crippen LogP contribution in [-0.2, 0) is 55.0 Å². The maximum Gasteiger partial charge on any atom is 4.00 e. The molecule has 0 aliphatic heterocycles. The first kappa shape index (κ1) is 38.7. The maximum atomic E-state index is 8.30. The van der Waals surface area contributed by atoms with Gasteiger partial charge in [0.25, 0.3) is 0 Å². The van der Waals surface area contributed by atoms with Gasteiger partial charge in [0.2, 0.25) is 0 Å². The summed E-state index contributed by atoms with van der Waals surface area (Å²) < 4.78 is 16.2. The molecule has 0 rings (SSSR count). The molecule has 7 heavy (non-hydrogen) atoms. The summed E-state index contributed by atoms with van der Waals surface area (Å²) in [5, 5.41) is 0. The van der Waals surface area contributed by atoms with Crippen LogP contribution in [0.5, 0.6) is 0 Å². The SMILES string of the molecule is [O-2].[O-2].[O]=[Ni].[O]=[Sb+].[Ti+4]. The van der Waals surface area contributed by atoms with Crippen LogP contribution in [-0.4, -0.2) is 23.0 Å². The van der Waals surface area contributed by atoms with Gasteiger partial charge in [-0.2, -0.15) is 0 Å². The smallest absolute Gasteiger partial charge is 4.00 e. The molecule has 42 valence electrons. The van der Waals surface area contributed by atoms with Gasteiger partial charge in [-0.25, -0.2) is 0 Å². The molecule has 0 N–H and O–H groups in total. The second kappa shape index (κ2) is 135. The van der Waals surface area contributed by atoms with Crippen molar-refractivity contribution >= 4 is 23.0 Å². The first-order valence-corrected chi connectivity index (χ1v) is 1.76. The normalized spacial score (nSPS) is 1.43. The summed E-state index contributed by atoms with van der Waals surface area (Å²) in [6.07, 6.45) is 0. The minimum absolute atomic E-state index is 0. The van der Waals surface area contributed by atoms with Gasteiger partial charge in [-0.1, -0.05) is 0 Å². The topological polar surface area (TPSA) is 91.1 Å². The van der Waals surface area contributed by atoms with E-state index in [9.17, 15) is 0 Å². The summed E-state index contributed by atoms with van der Waals surface area (Å²) >= 11 is 3.12. The Morgan fingerprint density at radius 3 is 1.00 bits per heavy atom. The Morgan fingerprint density at radius 2 is 1.00 bits per heavy atom. The average molecular weight is 292 g/mol. The summed E-state index contributed by atoms with van der Waals surface area (Å²) in [4.78, 5) is 0. The van der Waals surface area contributed by atoms with Gasteiger partial charge in [0.15, 0.2) is 0 Å². The Balaban J connectivity index is -0.00000000267. The van der Waals surface area contributed by atoms with Gasteiger partial charge in [0.1, 0.15) is 0 Å². The van der Waals surface area contributed by atoms with Gasteiger partial charge >= 0.3 is 67.0 Å². The van der Waals surface area contributed by atoms with E-state index >= 15 is 0 Å². The minimum Gasteiger partial charge on any atom is 4.00 e. The van der Waals surface area contributed by atoms with Crippen molar-refractivity contribution in [3.05, 3.63) is 0 Å². The van der Waals surface area contributed by atoms with E-state index in [1.54, 1.807) is 0 Å². The second-order valence-corrected chi connectivity index (χ2v) is 0. The molecule has 0 aliphatic carbocycles. The van der Waals surface area contributed by atoms with E-state index in [-0.39, 0.29) is 32.7 Å². The Bertz CT molecular complexity index is 13.7. The minimum atomic E-state index is 0. The number of hydrogen-bond acceptors (Lipinski definition) is 2. The molecule has 4 nitrogen and oxygen atoms in total. The third kappa shape index (κ3) is 97.1. The molecule has 0 atom stereocenters. The van der Waals surface area contributed by atoms with E-state index in [1.165, 1.54) is 0 Å². The first-order valence-electron chi connectivity index (χ1n) is 0.312. The summed E-state index contributed by atoms with van der Waals surface area (Å²) in [7, 11) is 0. The molecule has 0 unspecified atom stereocenters. The van der Waals surface area contributed by atoms with E-state index in [0.717, 1.165) is 0 Å². The summed E-state index contributed by atoms with van der Waals surface area (Å²) in [5.41, 5.74) is 0. The van der Waals surface area contributed by atoms with E-state index in [1.807, 2.05) is 0 Å². The third-order valence-electron chi connectivity index (χ3n) is 0. The van der Waals surface area contributed by atoms with Gasteiger partial charge in [0, 0.05) is 0 Å². The van der Waals surface area contributed by atoms with Crippen molar-refractivity contribution in [1.29, 1.82) is 0 Å². The zero-order valence-electron chi connectivity index (χ0n) is 2.90. The molecule has 0 heterocycles. The van der Waals surface area contributed by atoms with E-state index in [4.69, 9.17) is 6.91 Å². The molecule has 0 aromatic heterocycles. The van der Waals surface area contributed by atoms with Crippen LogP contribution in [0.25, 0.3) is 0 Å². The van der Waals surface area contributed by atoms with Crippen LogP contribution in [0.15, 0.2) is 0 Å². The van der Waals surface area contributed by atoms with Crippen LogP contribution < -0.4 is 0 Å². The van der Waals surface area contributed by atoms with Crippen LogP contribution in [0.2, 0.25) is 0 Å². The van der Waals surface area contributed by atoms with E-state index in [0.29, 0.717) is 23.0 Å². The first-order chi connectivity index (χ1) is 2.00. The number of hydrogen-bond donors (Lipinski definition) is 0. The molecule has 0 aliphatic rings. The zero-order valence-corrected chi connectivity index (χ0v) is 8.00. The second-order valence-electron chi connectivity index (χ2n) is 0. The van der Waals surface area contributed by atoms with Crippen molar-refractivity contribution < 1.29 is 55.0 Å². The maximum absolute atomic E-state index is 8.30. The van der Waals surface area contributed by atoms with Crippen LogP contribution in [0.3, 0.4) is 0 Å². The van der Waals surface area contributed by atoms with Crippen LogP contribution in [0, 0.1) is 0 Å². The molecular weight excluding hydrogens is 292 g/mol. The van der Waals surface area contributed by atoms with Crippen molar-refractivity contribution in [2.75, 3.05) is 0 Å². The summed E-state index contributed by atoms with van der Waals surface area (Å²) in [5.74, 6) is 0. The molecule has 0 saturated carbocycles. The standard InChI is InChI=1S/Ni.4O.Sb.Ti/q;;;2*-2;+1;+4. The summed E-state index contributed by atoms with van der Waals surface area (Å²) in [6, 6.07) is 0. The average Bonchev–Trinajstić information content (AvgIpc) is 1.50. The van der Waals surface area contributed by atoms with Crippen molar-refractivity contribution in [1.82, 2.24) is 0 Å². The largest absolute Gasteiger partial charge is 4.00 e.